The van der Waals surface area contributed by atoms with Gasteiger partial charge in [0.25, 0.3) is 5.91 Å². The van der Waals surface area contributed by atoms with E-state index in [1.165, 1.54) is 0 Å². The summed E-state index contributed by atoms with van der Waals surface area (Å²) in [5.41, 5.74) is 1.81. The molecule has 1 aromatic carbocycles. The van der Waals surface area contributed by atoms with Crippen molar-refractivity contribution < 1.29 is 18.5 Å². The molecule has 4 rings (SSSR count). The van der Waals surface area contributed by atoms with Crippen LogP contribution in [-0.4, -0.2) is 35.6 Å². The minimum Gasteiger partial charge on any atom is -0.488 e. The van der Waals surface area contributed by atoms with Crippen molar-refractivity contribution in [3.05, 3.63) is 59.7 Å². The van der Waals surface area contributed by atoms with Gasteiger partial charge in [-0.25, -0.2) is 0 Å². The first-order chi connectivity index (χ1) is 14.3. The topological polar surface area (TPSA) is 80.7 Å². The van der Waals surface area contributed by atoms with Crippen molar-refractivity contribution in [2.24, 2.45) is 0 Å². The van der Waals surface area contributed by atoms with Gasteiger partial charge in [0.05, 0.1) is 23.9 Å². The van der Waals surface area contributed by atoms with Crippen molar-refractivity contribution >= 4 is 5.91 Å². The number of nitrogens with zero attached hydrogens (tertiary/aromatic N) is 2. The van der Waals surface area contributed by atoms with Gasteiger partial charge < -0.3 is 19.0 Å². The van der Waals surface area contributed by atoms with Gasteiger partial charge >= 0.3 is 0 Å². The number of carbonyl (C=O) groups is 1. The van der Waals surface area contributed by atoms with Crippen LogP contribution in [0.1, 0.15) is 41.6 Å². The average Bonchev–Trinajstić information content (AvgIpc) is 3.41. The van der Waals surface area contributed by atoms with Crippen molar-refractivity contribution in [1.82, 2.24) is 15.4 Å². The summed E-state index contributed by atoms with van der Waals surface area (Å²) in [4.78, 5) is 15.0. The van der Waals surface area contributed by atoms with Gasteiger partial charge in [0.2, 0.25) is 0 Å². The molecule has 29 heavy (non-hydrogen) atoms. The van der Waals surface area contributed by atoms with Gasteiger partial charge in [0.1, 0.15) is 18.1 Å². The number of hydrogen-bond donors (Lipinski definition) is 1. The van der Waals surface area contributed by atoms with Crippen molar-refractivity contribution in [2.45, 2.75) is 32.9 Å². The van der Waals surface area contributed by atoms with Crippen LogP contribution < -0.4 is 10.1 Å². The quantitative estimate of drug-likeness (QED) is 0.593. The first-order valence-corrected chi connectivity index (χ1v) is 10.00. The first kappa shape index (κ1) is 19.3. The summed E-state index contributed by atoms with van der Waals surface area (Å²) in [6.07, 6.45) is 3.90. The molecule has 0 fully saturated rings. The van der Waals surface area contributed by atoms with Gasteiger partial charge in [-0.15, -0.1) is 0 Å². The maximum atomic E-state index is 12.7. The van der Waals surface area contributed by atoms with Crippen LogP contribution in [0.4, 0.5) is 0 Å². The lowest BCUT2D eigenvalue weighted by Gasteiger charge is -2.21. The highest BCUT2D eigenvalue weighted by Gasteiger charge is 2.28. The number of carbonyl (C=O) groups excluding carboxylic acids is 1. The molecule has 0 atom stereocenters. The third kappa shape index (κ3) is 4.35. The zero-order chi connectivity index (χ0) is 20.1. The zero-order valence-corrected chi connectivity index (χ0v) is 16.5. The number of amides is 1. The molecule has 0 aliphatic carbocycles. The number of furan rings is 1. The lowest BCUT2D eigenvalue weighted by Crippen LogP contribution is -2.35. The Kier molecular flexibility index (Phi) is 5.95. The largest absolute Gasteiger partial charge is 0.488 e. The number of nitrogens with one attached hydrogen (secondary N) is 1. The standard InChI is InChI=1S/C22H25N3O4/c1-2-3-11-25(14-16-7-6-13-27-16)12-10-23-22(26)20-18-15-28-19-9-5-4-8-17(19)21(18)29-24-20/h4-9,13H,2-3,10-12,14-15H2,1H3,(H,23,26). The molecule has 7 heteroatoms. The Morgan fingerprint density at radius 3 is 2.93 bits per heavy atom. The van der Waals surface area contributed by atoms with E-state index >= 15 is 0 Å². The van der Waals surface area contributed by atoms with Gasteiger partial charge in [0, 0.05) is 13.1 Å². The summed E-state index contributed by atoms with van der Waals surface area (Å²) < 4.78 is 16.7. The predicted molar refractivity (Wildman–Crippen MR) is 107 cm³/mol. The van der Waals surface area contributed by atoms with Crippen LogP contribution in [0, 0.1) is 0 Å². The molecular weight excluding hydrogens is 370 g/mol. The minimum atomic E-state index is -0.244. The van der Waals surface area contributed by atoms with Gasteiger partial charge in [0.15, 0.2) is 11.5 Å². The number of para-hydroxylation sites is 1. The highest BCUT2D eigenvalue weighted by molar-refractivity contribution is 5.95. The Balaban J connectivity index is 1.37. The summed E-state index contributed by atoms with van der Waals surface area (Å²) in [6, 6.07) is 11.5. The Bertz CT molecular complexity index is 949. The van der Waals surface area contributed by atoms with Crippen LogP contribution in [0.5, 0.6) is 5.75 Å². The molecule has 3 aromatic rings. The van der Waals surface area contributed by atoms with E-state index in [1.54, 1.807) is 6.26 Å². The highest BCUT2D eigenvalue weighted by atomic mass is 16.5. The van der Waals surface area contributed by atoms with E-state index in [-0.39, 0.29) is 12.5 Å². The van der Waals surface area contributed by atoms with E-state index < -0.39 is 0 Å². The van der Waals surface area contributed by atoms with E-state index in [0.717, 1.165) is 49.5 Å². The summed E-state index contributed by atoms with van der Waals surface area (Å²) in [7, 11) is 0. The molecule has 0 bridgehead atoms. The number of aromatic nitrogens is 1. The van der Waals surface area contributed by atoms with E-state index in [4.69, 9.17) is 13.7 Å². The van der Waals surface area contributed by atoms with E-state index in [1.807, 2.05) is 36.4 Å². The van der Waals surface area contributed by atoms with E-state index in [9.17, 15) is 4.79 Å². The molecule has 0 radical (unpaired) electrons. The predicted octanol–water partition coefficient (Wildman–Crippen LogP) is 3.86. The number of fused-ring (bicyclic) bond motifs is 3. The maximum Gasteiger partial charge on any atom is 0.273 e. The summed E-state index contributed by atoms with van der Waals surface area (Å²) in [6.45, 7) is 5.37. The molecule has 0 spiro atoms. The molecule has 2 aromatic heterocycles. The normalized spacial score (nSPS) is 12.3. The third-order valence-electron chi connectivity index (χ3n) is 5.01. The second kappa shape index (κ2) is 8.96. The number of rotatable bonds is 9. The fourth-order valence-corrected chi connectivity index (χ4v) is 3.45. The monoisotopic (exact) mass is 395 g/mol. The van der Waals surface area contributed by atoms with Crippen LogP contribution in [0.3, 0.4) is 0 Å². The van der Waals surface area contributed by atoms with Crippen molar-refractivity contribution in [3.8, 4) is 17.1 Å². The fourth-order valence-electron chi connectivity index (χ4n) is 3.45. The molecular formula is C22H25N3O4. The number of ether oxygens (including phenoxy) is 1. The van der Waals surface area contributed by atoms with Crippen LogP contribution in [-0.2, 0) is 13.2 Å². The lowest BCUT2D eigenvalue weighted by atomic mass is 10.0. The lowest BCUT2D eigenvalue weighted by molar-refractivity contribution is 0.0936. The van der Waals surface area contributed by atoms with Crippen molar-refractivity contribution in [1.29, 1.82) is 0 Å². The average molecular weight is 395 g/mol. The summed E-state index contributed by atoms with van der Waals surface area (Å²) in [5, 5.41) is 6.97. The van der Waals surface area contributed by atoms with Gasteiger partial charge in [-0.2, -0.15) is 0 Å². The molecule has 1 amide bonds. The summed E-state index contributed by atoms with van der Waals surface area (Å²) in [5.74, 6) is 2.03. The van der Waals surface area contributed by atoms with Gasteiger partial charge in [-0.3, -0.25) is 9.69 Å². The minimum absolute atomic E-state index is 0.244. The van der Waals surface area contributed by atoms with Crippen LogP contribution in [0.25, 0.3) is 11.3 Å². The van der Waals surface area contributed by atoms with Crippen molar-refractivity contribution in [2.75, 3.05) is 19.6 Å². The van der Waals surface area contributed by atoms with E-state index in [2.05, 4.69) is 22.3 Å². The maximum absolute atomic E-state index is 12.7. The molecule has 0 saturated carbocycles. The molecule has 1 N–H and O–H groups in total. The first-order valence-electron chi connectivity index (χ1n) is 10.00. The van der Waals surface area contributed by atoms with Gasteiger partial charge in [-0.05, 0) is 37.2 Å². The van der Waals surface area contributed by atoms with Gasteiger partial charge in [-0.1, -0.05) is 30.6 Å². The molecule has 152 valence electrons. The number of benzene rings is 1. The Hall–Kier alpha value is -3.06. The second-order valence-electron chi connectivity index (χ2n) is 7.09. The molecule has 7 nitrogen and oxygen atoms in total. The van der Waals surface area contributed by atoms with Crippen LogP contribution in [0.15, 0.2) is 51.6 Å². The smallest absolute Gasteiger partial charge is 0.273 e. The SMILES string of the molecule is CCCCN(CCNC(=O)c1noc2c1COc1ccccc1-2)Cc1ccco1. The molecule has 0 saturated heterocycles. The van der Waals surface area contributed by atoms with E-state index in [0.29, 0.717) is 23.6 Å². The Morgan fingerprint density at radius 2 is 2.10 bits per heavy atom. The second-order valence-corrected chi connectivity index (χ2v) is 7.09. The molecule has 3 heterocycles. The molecule has 1 aliphatic heterocycles. The number of hydrogen-bond acceptors (Lipinski definition) is 6. The molecule has 0 unspecified atom stereocenters. The molecule has 1 aliphatic rings. The third-order valence-corrected chi connectivity index (χ3v) is 5.01. The Morgan fingerprint density at radius 1 is 1.21 bits per heavy atom. The summed E-state index contributed by atoms with van der Waals surface area (Å²) >= 11 is 0. The zero-order valence-electron chi connectivity index (χ0n) is 16.5. The van der Waals surface area contributed by atoms with Crippen LogP contribution in [0.2, 0.25) is 0 Å². The fraction of sp³-hybridized carbons (Fsp3) is 0.364. The number of unbranched alkanes of at least 4 members (excludes halogenated alkanes) is 1. The van der Waals surface area contributed by atoms with Crippen LogP contribution >= 0.6 is 0 Å². The Labute approximate surface area is 169 Å². The van der Waals surface area contributed by atoms with Crippen molar-refractivity contribution in [3.63, 3.8) is 0 Å². The highest BCUT2D eigenvalue weighted by Crippen LogP contribution is 2.38.